The number of benzene rings is 2. The predicted octanol–water partition coefficient (Wildman–Crippen LogP) is 3.91. The maximum absolute atomic E-state index is 5.53. The van der Waals surface area contributed by atoms with Crippen LogP contribution in [0.25, 0.3) is 11.4 Å². The molecule has 0 aliphatic heterocycles. The lowest BCUT2D eigenvalue weighted by molar-refractivity contribution is 0.311. The first-order valence-electron chi connectivity index (χ1n) is 8.33. The second kappa shape index (κ2) is 8.50. The summed E-state index contributed by atoms with van der Waals surface area (Å²) in [5.74, 6) is 2.71. The van der Waals surface area contributed by atoms with Crippen molar-refractivity contribution >= 4 is 18.4 Å². The topological polar surface area (TPSA) is 73.7 Å². The minimum absolute atomic E-state index is 0.398. The summed E-state index contributed by atoms with van der Waals surface area (Å²) >= 11 is 5.30. The molecule has 0 amide bonds. The van der Waals surface area contributed by atoms with Gasteiger partial charge in [0.2, 0.25) is 4.77 Å². The Morgan fingerprint density at radius 1 is 1.11 bits per heavy atom. The van der Waals surface area contributed by atoms with Crippen LogP contribution in [-0.4, -0.2) is 41.9 Å². The van der Waals surface area contributed by atoms with Gasteiger partial charge in [-0.2, -0.15) is 14.9 Å². The summed E-state index contributed by atoms with van der Waals surface area (Å²) < 4.78 is 18.1. The van der Waals surface area contributed by atoms with E-state index in [-0.39, 0.29) is 0 Å². The van der Waals surface area contributed by atoms with Gasteiger partial charge in [0.05, 0.1) is 27.0 Å². The third-order valence-corrected chi connectivity index (χ3v) is 4.07. The number of H-pyrrole nitrogens is 1. The van der Waals surface area contributed by atoms with Crippen molar-refractivity contribution in [2.24, 2.45) is 5.10 Å². The van der Waals surface area contributed by atoms with Crippen molar-refractivity contribution in [1.82, 2.24) is 14.9 Å². The Bertz CT molecular complexity index is 993. The molecule has 140 valence electrons. The van der Waals surface area contributed by atoms with Crippen LogP contribution in [0.2, 0.25) is 0 Å². The van der Waals surface area contributed by atoms with Crippen molar-refractivity contribution in [3.63, 3.8) is 0 Å². The summed E-state index contributed by atoms with van der Waals surface area (Å²) in [6, 6.07) is 13.1. The summed E-state index contributed by atoms with van der Waals surface area (Å²) in [7, 11) is 3.23. The molecule has 2 aromatic carbocycles. The number of rotatable bonds is 7. The molecule has 3 aromatic rings. The highest BCUT2D eigenvalue weighted by Crippen LogP contribution is 2.27. The highest BCUT2D eigenvalue weighted by molar-refractivity contribution is 7.71. The smallest absolute Gasteiger partial charge is 0.216 e. The molecule has 0 spiro atoms. The molecule has 3 rings (SSSR count). The van der Waals surface area contributed by atoms with Crippen LogP contribution in [-0.2, 0) is 0 Å². The Morgan fingerprint density at radius 3 is 2.56 bits per heavy atom. The molecule has 0 saturated heterocycles. The van der Waals surface area contributed by atoms with E-state index in [2.05, 4.69) is 15.3 Å². The molecule has 0 bridgehead atoms. The number of aromatic amines is 1. The Kier molecular flexibility index (Phi) is 5.87. The summed E-state index contributed by atoms with van der Waals surface area (Å²) in [6.45, 7) is 2.50. The first-order valence-corrected chi connectivity index (χ1v) is 8.74. The van der Waals surface area contributed by atoms with E-state index in [1.54, 1.807) is 25.1 Å². The number of aromatic nitrogens is 3. The number of hydrogen-bond acceptors (Lipinski definition) is 6. The van der Waals surface area contributed by atoms with E-state index in [4.69, 9.17) is 26.4 Å². The normalized spacial score (nSPS) is 10.9. The Labute approximate surface area is 162 Å². The second-order valence-corrected chi connectivity index (χ2v) is 5.87. The van der Waals surface area contributed by atoms with Gasteiger partial charge < -0.3 is 14.2 Å². The average molecular weight is 384 g/mol. The fourth-order valence-corrected chi connectivity index (χ4v) is 2.67. The third kappa shape index (κ3) is 4.17. The van der Waals surface area contributed by atoms with Crippen LogP contribution in [0.15, 0.2) is 47.6 Å². The van der Waals surface area contributed by atoms with Crippen molar-refractivity contribution in [3.8, 4) is 28.6 Å². The molecule has 1 aromatic heterocycles. The van der Waals surface area contributed by atoms with E-state index < -0.39 is 0 Å². The van der Waals surface area contributed by atoms with Gasteiger partial charge in [-0.15, -0.1) is 0 Å². The van der Waals surface area contributed by atoms with E-state index in [1.165, 1.54) is 0 Å². The maximum Gasteiger partial charge on any atom is 0.216 e. The quantitative estimate of drug-likeness (QED) is 0.494. The van der Waals surface area contributed by atoms with Crippen molar-refractivity contribution in [2.45, 2.75) is 6.92 Å². The highest BCUT2D eigenvalue weighted by Gasteiger charge is 2.09. The zero-order chi connectivity index (χ0) is 19.2. The van der Waals surface area contributed by atoms with Crippen molar-refractivity contribution in [1.29, 1.82) is 0 Å². The molecule has 0 aliphatic rings. The predicted molar refractivity (Wildman–Crippen MR) is 107 cm³/mol. The van der Waals surface area contributed by atoms with Crippen molar-refractivity contribution in [3.05, 3.63) is 52.8 Å². The lowest BCUT2D eigenvalue weighted by atomic mass is 10.2. The van der Waals surface area contributed by atoms with Gasteiger partial charge in [0, 0.05) is 5.56 Å². The molecule has 0 atom stereocenters. The van der Waals surface area contributed by atoms with E-state index in [1.807, 2.05) is 49.4 Å². The average Bonchev–Trinajstić information content (AvgIpc) is 3.08. The van der Waals surface area contributed by atoms with Crippen LogP contribution in [0.5, 0.6) is 17.2 Å². The molecular weight excluding hydrogens is 364 g/mol. The molecule has 0 saturated carbocycles. The molecule has 8 heteroatoms. The SMILES string of the molecule is CCOc1ccc(/C=N/n2c(-c3ccc(OC)cc3)n[nH]c2=S)cc1OC. The lowest BCUT2D eigenvalue weighted by Crippen LogP contribution is -1.98. The minimum Gasteiger partial charge on any atom is -0.497 e. The van der Waals surface area contributed by atoms with Gasteiger partial charge in [0.25, 0.3) is 0 Å². The molecule has 0 radical (unpaired) electrons. The van der Waals surface area contributed by atoms with Crippen LogP contribution in [0.1, 0.15) is 12.5 Å². The summed E-state index contributed by atoms with van der Waals surface area (Å²) in [4.78, 5) is 0. The fourth-order valence-electron chi connectivity index (χ4n) is 2.49. The standard InChI is InChI=1S/C19H20N4O3S/c1-4-26-16-10-5-13(11-17(16)25-3)12-20-23-18(21-22-19(23)27)14-6-8-15(24-2)9-7-14/h5-12H,4H2,1-3H3,(H,22,27)/b20-12+. The van der Waals surface area contributed by atoms with Crippen LogP contribution < -0.4 is 14.2 Å². The van der Waals surface area contributed by atoms with E-state index in [9.17, 15) is 0 Å². The van der Waals surface area contributed by atoms with Gasteiger partial charge in [0.1, 0.15) is 5.75 Å². The Balaban J connectivity index is 1.91. The monoisotopic (exact) mass is 384 g/mol. The number of nitrogens with one attached hydrogen (secondary N) is 1. The van der Waals surface area contributed by atoms with Crippen molar-refractivity contribution < 1.29 is 14.2 Å². The van der Waals surface area contributed by atoms with Gasteiger partial charge >= 0.3 is 0 Å². The van der Waals surface area contributed by atoms with Crippen LogP contribution >= 0.6 is 12.2 Å². The fraction of sp³-hybridized carbons (Fsp3) is 0.211. The van der Waals surface area contributed by atoms with E-state index in [0.717, 1.165) is 16.9 Å². The number of methoxy groups -OCH3 is 2. The van der Waals surface area contributed by atoms with Crippen molar-refractivity contribution in [2.75, 3.05) is 20.8 Å². The molecule has 0 unspecified atom stereocenters. The number of ether oxygens (including phenoxy) is 3. The number of nitrogens with zero attached hydrogens (tertiary/aromatic N) is 3. The van der Waals surface area contributed by atoms with E-state index >= 15 is 0 Å². The molecule has 1 N–H and O–H groups in total. The molecule has 1 heterocycles. The van der Waals surface area contributed by atoms with Gasteiger partial charge in [-0.1, -0.05) is 0 Å². The van der Waals surface area contributed by atoms with Crippen LogP contribution in [0.4, 0.5) is 0 Å². The van der Waals surface area contributed by atoms with Gasteiger partial charge in [0.15, 0.2) is 17.3 Å². The maximum atomic E-state index is 5.53. The second-order valence-electron chi connectivity index (χ2n) is 5.48. The number of hydrogen-bond donors (Lipinski definition) is 1. The molecule has 0 aliphatic carbocycles. The van der Waals surface area contributed by atoms with Gasteiger partial charge in [-0.25, -0.2) is 5.10 Å². The minimum atomic E-state index is 0.398. The van der Waals surface area contributed by atoms with Gasteiger partial charge in [-0.05, 0) is 67.2 Å². The molecule has 7 nitrogen and oxygen atoms in total. The molecular formula is C19H20N4O3S. The first-order chi connectivity index (χ1) is 13.2. The van der Waals surface area contributed by atoms with E-state index in [0.29, 0.717) is 28.7 Å². The van der Waals surface area contributed by atoms with Gasteiger partial charge in [-0.3, -0.25) is 0 Å². The summed E-state index contributed by atoms with van der Waals surface area (Å²) in [5.41, 5.74) is 1.71. The van der Waals surface area contributed by atoms with Crippen LogP contribution in [0.3, 0.4) is 0 Å². The zero-order valence-corrected chi connectivity index (χ0v) is 16.1. The zero-order valence-electron chi connectivity index (χ0n) is 15.3. The Morgan fingerprint density at radius 2 is 1.89 bits per heavy atom. The molecule has 0 fully saturated rings. The molecule has 27 heavy (non-hydrogen) atoms. The third-order valence-electron chi connectivity index (χ3n) is 3.81. The summed E-state index contributed by atoms with van der Waals surface area (Å²) in [5, 5.41) is 11.5. The lowest BCUT2D eigenvalue weighted by Gasteiger charge is -2.09. The summed E-state index contributed by atoms with van der Waals surface area (Å²) in [6.07, 6.45) is 1.69. The highest BCUT2D eigenvalue weighted by atomic mass is 32.1. The Hall–Kier alpha value is -3.13. The first kappa shape index (κ1) is 18.7. The largest absolute Gasteiger partial charge is 0.497 e. The van der Waals surface area contributed by atoms with Crippen LogP contribution in [0, 0.1) is 4.77 Å².